The molecule has 0 bridgehead atoms. The van der Waals surface area contributed by atoms with Crippen LogP contribution in [0.1, 0.15) is 158 Å². The molecular formula is C32H64O8Rh2. The fourth-order valence-corrected chi connectivity index (χ4v) is 3.81. The summed E-state index contributed by atoms with van der Waals surface area (Å²) < 4.78 is 0. The summed E-state index contributed by atoms with van der Waals surface area (Å²) in [5.74, 6) is -3.02. The van der Waals surface area contributed by atoms with Gasteiger partial charge in [-0.3, -0.25) is 19.2 Å². The summed E-state index contributed by atoms with van der Waals surface area (Å²) in [6.45, 7) is 16.0. The van der Waals surface area contributed by atoms with Crippen molar-refractivity contribution in [3.63, 3.8) is 0 Å². The minimum Gasteiger partial charge on any atom is -0.481 e. The van der Waals surface area contributed by atoms with Gasteiger partial charge in [0.2, 0.25) is 0 Å². The van der Waals surface area contributed by atoms with Crippen molar-refractivity contribution in [1.29, 1.82) is 0 Å². The van der Waals surface area contributed by atoms with E-state index in [4.69, 9.17) is 20.4 Å². The van der Waals surface area contributed by atoms with Gasteiger partial charge in [-0.15, -0.1) is 0 Å². The Balaban J connectivity index is -0.000000101. The van der Waals surface area contributed by atoms with Crippen molar-refractivity contribution >= 4 is 23.9 Å². The quantitative estimate of drug-likeness (QED) is 0.0894. The zero-order valence-corrected chi connectivity index (χ0v) is 31.0. The van der Waals surface area contributed by atoms with E-state index in [1.165, 1.54) is 0 Å². The van der Waals surface area contributed by atoms with Gasteiger partial charge in [-0.05, 0) is 51.4 Å². The van der Waals surface area contributed by atoms with E-state index in [0.29, 0.717) is 0 Å². The first-order chi connectivity index (χ1) is 18.9. The first kappa shape index (κ1) is 53.7. The van der Waals surface area contributed by atoms with Crippen LogP contribution in [-0.4, -0.2) is 44.3 Å². The molecule has 0 heterocycles. The van der Waals surface area contributed by atoms with Gasteiger partial charge >= 0.3 is 23.9 Å². The Morgan fingerprint density at radius 3 is 0.595 bits per heavy atom. The smallest absolute Gasteiger partial charge is 0.306 e. The Labute approximate surface area is 283 Å². The van der Waals surface area contributed by atoms with Gasteiger partial charge in [-0.1, -0.05) is 107 Å². The zero-order valence-electron chi connectivity index (χ0n) is 27.7. The van der Waals surface area contributed by atoms with Crippen molar-refractivity contribution in [3.8, 4) is 0 Å². The van der Waals surface area contributed by atoms with Crippen LogP contribution in [0.4, 0.5) is 0 Å². The van der Waals surface area contributed by atoms with Gasteiger partial charge in [-0.25, -0.2) is 0 Å². The maximum Gasteiger partial charge on any atom is 0.306 e. The minimum atomic E-state index is -0.643. The molecule has 0 aromatic rings. The van der Waals surface area contributed by atoms with Gasteiger partial charge < -0.3 is 20.4 Å². The topological polar surface area (TPSA) is 149 Å². The van der Waals surface area contributed by atoms with Crippen LogP contribution in [0.25, 0.3) is 0 Å². The number of hydrogen-bond acceptors (Lipinski definition) is 4. The van der Waals surface area contributed by atoms with E-state index >= 15 is 0 Å². The molecular weight excluding hydrogens is 718 g/mol. The summed E-state index contributed by atoms with van der Waals surface area (Å²) in [4.78, 5) is 41.7. The Morgan fingerprint density at radius 2 is 0.524 bits per heavy atom. The van der Waals surface area contributed by atoms with Gasteiger partial charge in [0.05, 0.1) is 23.7 Å². The molecule has 8 nitrogen and oxygen atoms in total. The molecule has 0 fully saturated rings. The first-order valence-electron chi connectivity index (χ1n) is 15.8. The van der Waals surface area contributed by atoms with Crippen LogP contribution in [0.2, 0.25) is 0 Å². The molecule has 42 heavy (non-hydrogen) atoms. The second-order valence-electron chi connectivity index (χ2n) is 10.3. The summed E-state index contributed by atoms with van der Waals surface area (Å²) in [5.41, 5.74) is 0. The van der Waals surface area contributed by atoms with Gasteiger partial charge in [-0.2, -0.15) is 0 Å². The van der Waals surface area contributed by atoms with E-state index in [0.717, 1.165) is 103 Å². The van der Waals surface area contributed by atoms with Gasteiger partial charge in [0.15, 0.2) is 0 Å². The second kappa shape index (κ2) is 40.1. The van der Waals surface area contributed by atoms with Crippen molar-refractivity contribution in [3.05, 3.63) is 0 Å². The molecule has 10 heteroatoms. The van der Waals surface area contributed by atoms with E-state index in [1.54, 1.807) is 0 Å². The summed E-state index contributed by atoms with van der Waals surface area (Å²) in [6.07, 6.45) is 14.9. The molecule has 4 unspecified atom stereocenters. The molecule has 0 saturated heterocycles. The van der Waals surface area contributed by atoms with Crippen molar-refractivity contribution in [2.24, 2.45) is 23.7 Å². The molecule has 2 radical (unpaired) electrons. The Hall–Kier alpha value is -0.873. The number of carbonyl (C=O) groups is 4. The molecule has 0 aliphatic heterocycles. The van der Waals surface area contributed by atoms with Crippen molar-refractivity contribution < 1.29 is 78.6 Å². The fraction of sp³-hybridized carbons (Fsp3) is 0.875. The van der Waals surface area contributed by atoms with Crippen LogP contribution in [0.15, 0.2) is 0 Å². The molecule has 0 saturated carbocycles. The third kappa shape index (κ3) is 37.2. The monoisotopic (exact) mass is 782 g/mol. The van der Waals surface area contributed by atoms with Gasteiger partial charge in [0.1, 0.15) is 0 Å². The number of carboxylic acid groups (broad SMARTS) is 4. The number of rotatable bonds is 20. The van der Waals surface area contributed by atoms with Crippen LogP contribution in [0, 0.1) is 23.7 Å². The van der Waals surface area contributed by atoms with Gasteiger partial charge in [0, 0.05) is 39.0 Å². The maximum atomic E-state index is 10.4. The van der Waals surface area contributed by atoms with E-state index in [2.05, 4.69) is 27.7 Å². The predicted molar refractivity (Wildman–Crippen MR) is 164 cm³/mol. The van der Waals surface area contributed by atoms with Crippen molar-refractivity contribution in [1.82, 2.24) is 0 Å². The Morgan fingerprint density at radius 1 is 0.381 bits per heavy atom. The Kier molecular flexibility index (Phi) is 51.3. The first-order valence-corrected chi connectivity index (χ1v) is 15.8. The van der Waals surface area contributed by atoms with Crippen LogP contribution in [-0.2, 0) is 58.1 Å². The third-order valence-electron chi connectivity index (χ3n) is 6.99. The SMILES string of the molecule is CCCCC(CC)C(=O)O.CCCCC(CC)C(=O)O.CCCCC(CC)C(=O)O.CCCCC(CC)C(=O)O.[Rh].[Rh]. The van der Waals surface area contributed by atoms with E-state index in [9.17, 15) is 19.2 Å². The molecule has 0 spiro atoms. The molecule has 0 rings (SSSR count). The Bertz CT molecular complexity index is 513. The molecule has 4 atom stereocenters. The average Bonchev–Trinajstić information content (AvgIpc) is 2.91. The van der Waals surface area contributed by atoms with Crippen LogP contribution in [0.3, 0.4) is 0 Å². The average molecular weight is 783 g/mol. The van der Waals surface area contributed by atoms with E-state index < -0.39 is 23.9 Å². The summed E-state index contributed by atoms with van der Waals surface area (Å²) in [5, 5.41) is 34.4. The summed E-state index contributed by atoms with van der Waals surface area (Å²) in [7, 11) is 0. The molecule has 0 aliphatic rings. The molecule has 258 valence electrons. The van der Waals surface area contributed by atoms with Crippen molar-refractivity contribution in [2.45, 2.75) is 158 Å². The standard InChI is InChI=1S/4C8H16O2.2Rh/c4*1-3-5-6-7(4-2)8(9)10;;/h4*7H,3-6H2,1-2H3,(H,9,10);;. The minimum absolute atomic E-state index is 0. The number of aliphatic carboxylic acids is 4. The molecule has 4 N–H and O–H groups in total. The molecule has 0 aromatic heterocycles. The summed E-state index contributed by atoms with van der Waals surface area (Å²) >= 11 is 0. The third-order valence-corrected chi connectivity index (χ3v) is 6.99. The molecule has 0 aromatic carbocycles. The van der Waals surface area contributed by atoms with Gasteiger partial charge in [0.25, 0.3) is 0 Å². The number of carboxylic acids is 4. The fourth-order valence-electron chi connectivity index (χ4n) is 3.81. The van der Waals surface area contributed by atoms with E-state index in [1.807, 2.05) is 27.7 Å². The van der Waals surface area contributed by atoms with Crippen molar-refractivity contribution in [2.75, 3.05) is 0 Å². The largest absolute Gasteiger partial charge is 0.481 e. The summed E-state index contributed by atoms with van der Waals surface area (Å²) in [6, 6.07) is 0. The predicted octanol–water partition coefficient (Wildman–Crippen LogP) is 9.14. The normalized spacial score (nSPS) is 12.4. The molecule has 0 amide bonds. The van der Waals surface area contributed by atoms with E-state index in [-0.39, 0.29) is 62.6 Å². The van der Waals surface area contributed by atoms with Crippen LogP contribution >= 0.6 is 0 Å². The molecule has 0 aliphatic carbocycles. The van der Waals surface area contributed by atoms with Crippen LogP contribution in [0.5, 0.6) is 0 Å². The zero-order chi connectivity index (χ0) is 31.9. The second-order valence-corrected chi connectivity index (χ2v) is 10.3. The van der Waals surface area contributed by atoms with Crippen LogP contribution < -0.4 is 0 Å². The maximum absolute atomic E-state index is 10.4. The number of hydrogen-bond donors (Lipinski definition) is 4. The number of unbranched alkanes of at least 4 members (excludes halogenated alkanes) is 4.